The summed E-state index contributed by atoms with van der Waals surface area (Å²) in [5.74, 6) is 3.68. The number of hydrogen-bond donors (Lipinski definition) is 0. The molecule has 14 aromatic carbocycles. The van der Waals surface area contributed by atoms with E-state index in [1.165, 1.54) is 61.9 Å². The summed E-state index contributed by atoms with van der Waals surface area (Å²) < 4.78 is 79.6. The quantitative estimate of drug-likeness (QED) is 0.0281. The summed E-state index contributed by atoms with van der Waals surface area (Å²) in [5.41, 5.74) is 9.76. The molecule has 0 bridgehead atoms. The summed E-state index contributed by atoms with van der Waals surface area (Å²) in [5, 5.41) is -1.24. The van der Waals surface area contributed by atoms with E-state index >= 15 is 0 Å². The van der Waals surface area contributed by atoms with E-state index in [-0.39, 0.29) is 103 Å². The molecule has 16 rings (SSSR count). The van der Waals surface area contributed by atoms with Crippen molar-refractivity contribution < 1.29 is 99.9 Å². The summed E-state index contributed by atoms with van der Waals surface area (Å²) >= 11 is 11.2. The summed E-state index contributed by atoms with van der Waals surface area (Å²) in [6, 6.07) is 93.0. The molecule has 646 valence electrons. The Morgan fingerprint density at radius 3 is 0.797 bits per heavy atom. The van der Waals surface area contributed by atoms with Crippen molar-refractivity contribution in [1.82, 2.24) is 0 Å². The highest BCUT2D eigenvalue weighted by Crippen LogP contribution is 2.46. The molecular weight excluding hydrogens is 1670 g/mol. The average molecular weight is 1750 g/mol. The number of ketones is 5. The second kappa shape index (κ2) is 43.7. The van der Waals surface area contributed by atoms with Gasteiger partial charge in [-0.3, -0.25) is 33.6 Å². The van der Waals surface area contributed by atoms with E-state index in [0.29, 0.717) is 114 Å². The molecule has 0 fully saturated rings. The lowest BCUT2D eigenvalue weighted by molar-refractivity contribution is 0.0975. The minimum absolute atomic E-state index is 0.115. The van der Waals surface area contributed by atoms with Crippen LogP contribution in [0, 0.1) is 0 Å². The Hall–Kier alpha value is -15.5. The van der Waals surface area contributed by atoms with Crippen molar-refractivity contribution in [3.05, 3.63) is 415 Å². The van der Waals surface area contributed by atoms with Gasteiger partial charge in [-0.25, -0.2) is 0 Å². The van der Waals surface area contributed by atoms with Gasteiger partial charge < -0.3 is 66.3 Å². The number of hydrogen-bond acceptors (Lipinski definition) is 21. The molecule has 0 radical (unpaired) electrons. The number of carbonyl (C=O) groups excluding carboxylic acids is 7. The van der Waals surface area contributed by atoms with Gasteiger partial charge in [0.1, 0.15) is 46.2 Å². The summed E-state index contributed by atoms with van der Waals surface area (Å²) in [6.45, 7) is 2.16. The first kappa shape index (κ1) is 90.3. The third-order valence-corrected chi connectivity index (χ3v) is 20.8. The topological polar surface area (TPSA) is 249 Å². The molecule has 2 aliphatic rings. The maximum Gasteiger partial charge on any atom is 0.252 e. The third kappa shape index (κ3) is 22.2. The molecule has 0 aliphatic heterocycles. The van der Waals surface area contributed by atoms with E-state index in [4.69, 9.17) is 89.5 Å². The Labute approximate surface area is 749 Å². The lowest BCUT2D eigenvalue weighted by Crippen LogP contribution is -2.22. The minimum Gasteiger partial charge on any atom is -0.493 e. The molecule has 0 heterocycles. The van der Waals surface area contributed by atoms with Gasteiger partial charge in [-0.2, -0.15) is 0 Å². The summed E-state index contributed by atoms with van der Waals surface area (Å²) in [4.78, 5) is 90.9. The summed E-state index contributed by atoms with van der Waals surface area (Å²) in [7, 11) is 10.4. The van der Waals surface area contributed by atoms with Crippen LogP contribution < -0.4 is 66.3 Å². The van der Waals surface area contributed by atoms with Crippen LogP contribution in [0.25, 0.3) is 0 Å². The van der Waals surface area contributed by atoms with E-state index in [1.54, 1.807) is 84.9 Å². The van der Waals surface area contributed by atoms with Crippen molar-refractivity contribution in [1.29, 1.82) is 0 Å². The average Bonchev–Trinajstić information content (AvgIpc) is 0.741. The molecule has 0 aromatic heterocycles. The molecule has 21 nitrogen and oxygen atoms in total. The molecule has 0 unspecified atom stereocenters. The van der Waals surface area contributed by atoms with E-state index in [0.717, 1.165) is 38.9 Å². The van der Waals surface area contributed by atoms with Crippen LogP contribution in [0.3, 0.4) is 0 Å². The molecule has 0 spiro atoms. The van der Waals surface area contributed by atoms with Crippen LogP contribution in [0.1, 0.15) is 139 Å². The zero-order valence-electron chi connectivity index (χ0n) is 70.7. The van der Waals surface area contributed by atoms with E-state index < -0.39 is 16.3 Å². The van der Waals surface area contributed by atoms with Crippen LogP contribution in [0.15, 0.2) is 309 Å². The van der Waals surface area contributed by atoms with Crippen molar-refractivity contribution in [3.63, 3.8) is 0 Å². The molecular formula is C105H86Cl2O21. The first-order valence-electron chi connectivity index (χ1n) is 40.1. The second-order valence-corrected chi connectivity index (χ2v) is 29.3. The van der Waals surface area contributed by atoms with Crippen LogP contribution in [0.5, 0.6) is 80.5 Å². The Bertz CT molecular complexity index is 6030. The first-order valence-corrected chi connectivity index (χ1v) is 40.9. The van der Waals surface area contributed by atoms with Crippen molar-refractivity contribution in [2.75, 3.05) is 49.8 Å². The maximum absolute atomic E-state index is 13.7. The SMILES string of the molecule is COc1cc(C(=O)Cl)ccc1OCc1ccccc1.COc1cc(C(=O)c2cc(C(=O)Cl)cc(OC)c2OCc2ccccc2)ccc1OCc1ccccc1.COc1cc2c(cc1OCc1ccccc1)C(=O)c1cc(OC)c(OCc3ccccc3)cc1C2=O.COc1cc2c(cc1OCc1ccccc1)C(=O)c1ccc(OCc3ccccc3)c(OC)c1C2=O. The maximum atomic E-state index is 13.7. The summed E-state index contributed by atoms with van der Waals surface area (Å²) in [6.07, 6.45) is 0. The molecule has 2 aliphatic carbocycles. The normalized spacial score (nSPS) is 11.2. The van der Waals surface area contributed by atoms with E-state index in [1.807, 2.05) is 212 Å². The number of methoxy groups -OCH3 is 7. The zero-order valence-corrected chi connectivity index (χ0v) is 72.2. The standard InChI is InChI=1S/C30H25ClO6.2C30H24O6.C15H13ClO3/c1-34-26-16-22(13-14-25(26)36-18-20-9-5-3-6-10-20)28(32)24-15-23(30(31)33)17-27(35-2)29(24)37-19-21-11-7-4-8-12-21;1-33-25-13-21-23(15-27(25)35-17-19-9-5-3-6-10-19)30(32)22-14-26(34-2)28(16-24(22)29(21)31)36-18-20-11-7-4-8-12-20;1-33-25-15-23-22(16-26(25)36-18-20-11-7-4-8-12-20)28(31)21-13-14-24(30(34-2)27(21)29(23)32)35-17-19-9-5-3-6-10-19;1-18-14-9-12(15(16)17)7-8-13(14)19-10-11-5-3-2-4-6-11/h3-17H,18-19H2,1-2H3;2*3-16H,17-18H2,1-2H3;2-9H,10H2,1H3. The van der Waals surface area contributed by atoms with Gasteiger partial charge in [-0.05, 0) is 159 Å². The van der Waals surface area contributed by atoms with Gasteiger partial charge in [0.15, 0.2) is 109 Å². The highest BCUT2D eigenvalue weighted by molar-refractivity contribution is 6.68. The predicted molar refractivity (Wildman–Crippen MR) is 484 cm³/mol. The molecule has 23 heteroatoms. The molecule has 0 atom stereocenters. The van der Waals surface area contributed by atoms with Crippen LogP contribution in [-0.2, 0) is 46.2 Å². The molecule has 128 heavy (non-hydrogen) atoms. The fraction of sp³-hybridized carbons (Fsp3) is 0.133. The van der Waals surface area contributed by atoms with Crippen LogP contribution in [0.4, 0.5) is 0 Å². The van der Waals surface area contributed by atoms with Gasteiger partial charge >= 0.3 is 0 Å². The highest BCUT2D eigenvalue weighted by Gasteiger charge is 2.37. The van der Waals surface area contributed by atoms with Gasteiger partial charge in [0, 0.05) is 55.6 Å². The van der Waals surface area contributed by atoms with Gasteiger partial charge in [0.05, 0.1) is 60.9 Å². The first-order chi connectivity index (χ1) is 62.4. The van der Waals surface area contributed by atoms with Crippen molar-refractivity contribution in [2.24, 2.45) is 0 Å². The number of benzene rings is 14. The third-order valence-electron chi connectivity index (χ3n) is 20.4. The Morgan fingerprint density at radius 1 is 0.219 bits per heavy atom. The Morgan fingerprint density at radius 2 is 0.477 bits per heavy atom. The molecule has 0 amide bonds. The lowest BCUT2D eigenvalue weighted by atomic mass is 9.83. The van der Waals surface area contributed by atoms with Crippen LogP contribution in [-0.4, -0.2) is 89.2 Å². The number of fused-ring (bicyclic) bond motifs is 4. The second-order valence-electron chi connectivity index (χ2n) is 28.6. The minimum atomic E-state index is -0.718. The molecule has 0 N–H and O–H groups in total. The predicted octanol–water partition coefficient (Wildman–Crippen LogP) is 21.4. The largest absolute Gasteiger partial charge is 0.493 e. The van der Waals surface area contributed by atoms with Gasteiger partial charge in [0.2, 0.25) is 0 Å². The highest BCUT2D eigenvalue weighted by atomic mass is 35.5. The fourth-order valence-corrected chi connectivity index (χ4v) is 14.0. The van der Waals surface area contributed by atoms with Crippen molar-refractivity contribution >= 4 is 62.6 Å². The van der Waals surface area contributed by atoms with Crippen molar-refractivity contribution in [3.8, 4) is 80.5 Å². The van der Waals surface area contributed by atoms with Crippen LogP contribution >= 0.6 is 23.2 Å². The fourth-order valence-electron chi connectivity index (χ4n) is 13.8. The Balaban J connectivity index is 0.000000149. The molecule has 14 aromatic rings. The van der Waals surface area contributed by atoms with Gasteiger partial charge in [-0.1, -0.05) is 212 Å². The van der Waals surface area contributed by atoms with E-state index in [9.17, 15) is 33.6 Å². The monoisotopic (exact) mass is 1750 g/mol. The number of halogens is 2. The number of carbonyl (C=O) groups is 7. The molecule has 0 saturated heterocycles. The molecule has 0 saturated carbocycles. The number of ether oxygens (including phenoxy) is 14. The number of rotatable bonds is 32. The van der Waals surface area contributed by atoms with Gasteiger partial charge in [0.25, 0.3) is 10.5 Å². The van der Waals surface area contributed by atoms with Crippen LogP contribution in [0.2, 0.25) is 0 Å². The Kier molecular flexibility index (Phi) is 30.8. The van der Waals surface area contributed by atoms with Crippen molar-refractivity contribution in [2.45, 2.75) is 46.2 Å². The smallest absolute Gasteiger partial charge is 0.252 e. The zero-order chi connectivity index (χ0) is 90.0. The lowest BCUT2D eigenvalue weighted by Gasteiger charge is -2.23. The van der Waals surface area contributed by atoms with Gasteiger partial charge in [-0.15, -0.1) is 0 Å². The van der Waals surface area contributed by atoms with E-state index in [2.05, 4.69) is 0 Å².